The van der Waals surface area contributed by atoms with Crippen molar-refractivity contribution in [1.82, 2.24) is 9.97 Å². The van der Waals surface area contributed by atoms with E-state index in [4.69, 9.17) is 9.97 Å². The van der Waals surface area contributed by atoms with E-state index in [1.165, 1.54) is 84.0 Å². The van der Waals surface area contributed by atoms with Crippen molar-refractivity contribution in [3.8, 4) is 44.5 Å². The van der Waals surface area contributed by atoms with Gasteiger partial charge < -0.3 is 0 Å². The van der Waals surface area contributed by atoms with Gasteiger partial charge in [-0.1, -0.05) is 121 Å². The molecule has 0 spiro atoms. The fourth-order valence-corrected chi connectivity index (χ4v) is 11.7. The van der Waals surface area contributed by atoms with Crippen molar-refractivity contribution in [2.24, 2.45) is 0 Å². The van der Waals surface area contributed by atoms with Crippen molar-refractivity contribution < 1.29 is 0 Å². The van der Waals surface area contributed by atoms with Crippen LogP contribution in [-0.2, 0) is 0 Å². The average molecular weight is 753 g/mol. The quantitative estimate of drug-likeness (QED) is 0.179. The van der Waals surface area contributed by atoms with Crippen LogP contribution in [0.2, 0.25) is 0 Å². The topological polar surface area (TPSA) is 25.8 Å². The zero-order valence-corrected chi connectivity index (χ0v) is 31.7. The van der Waals surface area contributed by atoms with Gasteiger partial charge in [-0.05, 0) is 93.0 Å². The van der Waals surface area contributed by atoms with Gasteiger partial charge in [0.25, 0.3) is 0 Å². The molecular weight excluding hydrogens is 725 g/mol. The maximum atomic E-state index is 5.23. The summed E-state index contributed by atoms with van der Waals surface area (Å²) >= 11 is 5.47. The van der Waals surface area contributed by atoms with Crippen LogP contribution in [-0.4, -0.2) is 9.97 Å². The Hall–Kier alpha value is -6.24. The molecule has 0 radical (unpaired) electrons. The van der Waals surface area contributed by atoms with Gasteiger partial charge in [0.05, 0.1) is 11.0 Å². The van der Waals surface area contributed by atoms with Gasteiger partial charge in [-0.15, -0.1) is 34.0 Å². The van der Waals surface area contributed by atoms with E-state index in [0.717, 1.165) is 32.3 Å². The van der Waals surface area contributed by atoms with E-state index >= 15 is 0 Å². The molecule has 4 heterocycles. The predicted molar refractivity (Wildman–Crippen MR) is 240 cm³/mol. The molecule has 55 heavy (non-hydrogen) atoms. The maximum absolute atomic E-state index is 5.23. The van der Waals surface area contributed by atoms with Crippen molar-refractivity contribution in [2.75, 3.05) is 0 Å². The van der Waals surface area contributed by atoms with Gasteiger partial charge in [0, 0.05) is 50.4 Å². The highest BCUT2D eigenvalue weighted by atomic mass is 32.1. The fourth-order valence-electron chi connectivity index (χ4n) is 8.23. The number of thiophene rings is 3. The zero-order valence-electron chi connectivity index (χ0n) is 29.3. The molecule has 0 fully saturated rings. The molecule has 12 aromatic rings. The standard InChI is InChI=1S/C50H28N2S3/c1-3-19-44-37(13-1)39-17-7-15-35(48(39)53-44)33-11-5-9-29(25-33)31-22-24-46-41(27-31)47-50(55-46)52-43-28-32(21-23-42(43)51-47)30-10-6-12-34(26-30)36-16-8-18-40-38-14-2-4-20-45(38)54-49(36)40/h1-28H. The molecule has 0 saturated heterocycles. The lowest BCUT2D eigenvalue weighted by Gasteiger charge is -2.08. The summed E-state index contributed by atoms with van der Waals surface area (Å²) in [5.41, 5.74) is 12.5. The second-order valence-electron chi connectivity index (χ2n) is 14.1. The molecule has 0 amide bonds. The van der Waals surface area contributed by atoms with Crippen molar-refractivity contribution in [1.29, 1.82) is 0 Å². The Morgan fingerprint density at radius 1 is 0.309 bits per heavy atom. The first kappa shape index (κ1) is 31.1. The number of aromatic nitrogens is 2. The van der Waals surface area contributed by atoms with Crippen LogP contribution in [0.4, 0.5) is 0 Å². The highest BCUT2D eigenvalue weighted by Gasteiger charge is 2.15. The van der Waals surface area contributed by atoms with Gasteiger partial charge in [-0.25, -0.2) is 9.97 Å². The van der Waals surface area contributed by atoms with Gasteiger partial charge in [-0.3, -0.25) is 0 Å². The molecule has 0 atom stereocenters. The third-order valence-corrected chi connectivity index (χ3v) is 14.4. The minimum atomic E-state index is 0.908. The molecule has 0 aliphatic rings. The van der Waals surface area contributed by atoms with Crippen molar-refractivity contribution in [3.05, 3.63) is 170 Å². The number of rotatable bonds is 4. The molecule has 0 aliphatic heterocycles. The van der Waals surface area contributed by atoms with E-state index < -0.39 is 0 Å². The van der Waals surface area contributed by atoms with Crippen molar-refractivity contribution in [2.45, 2.75) is 0 Å². The lowest BCUT2D eigenvalue weighted by molar-refractivity contribution is 1.43. The van der Waals surface area contributed by atoms with Gasteiger partial charge in [0.1, 0.15) is 10.3 Å². The first-order chi connectivity index (χ1) is 27.2. The number of hydrogen-bond acceptors (Lipinski definition) is 5. The SMILES string of the molecule is c1cc(-c2ccc3nc4c(nc3c2)sc2ccc(-c3cccc(-c5cccc6c5sc5ccccc56)c3)cc24)cc(-c2cccc3c2sc2ccccc23)c1. The molecular formula is C50H28N2S3. The first-order valence-corrected chi connectivity index (χ1v) is 20.8. The second-order valence-corrected chi connectivity index (χ2v) is 17.3. The molecule has 0 saturated carbocycles. The van der Waals surface area contributed by atoms with Gasteiger partial charge >= 0.3 is 0 Å². The van der Waals surface area contributed by atoms with Crippen LogP contribution in [0.3, 0.4) is 0 Å². The first-order valence-electron chi connectivity index (χ1n) is 18.4. The summed E-state index contributed by atoms with van der Waals surface area (Å²) in [5, 5.41) is 6.44. The monoisotopic (exact) mass is 752 g/mol. The molecule has 256 valence electrons. The molecule has 0 N–H and O–H groups in total. The van der Waals surface area contributed by atoms with E-state index in [9.17, 15) is 0 Å². The van der Waals surface area contributed by atoms with Crippen LogP contribution in [0.25, 0.3) is 116 Å². The zero-order chi connectivity index (χ0) is 36.0. The molecule has 0 aliphatic carbocycles. The van der Waals surface area contributed by atoms with Crippen LogP contribution in [0.1, 0.15) is 0 Å². The lowest BCUT2D eigenvalue weighted by Crippen LogP contribution is -1.87. The smallest absolute Gasteiger partial charge is 0.143 e. The average Bonchev–Trinajstić information content (AvgIpc) is 3.93. The summed E-state index contributed by atoms with van der Waals surface area (Å²) in [4.78, 5) is 11.4. The molecule has 8 aromatic carbocycles. The molecule has 12 rings (SSSR count). The number of hydrogen-bond donors (Lipinski definition) is 0. The molecule has 0 unspecified atom stereocenters. The Morgan fingerprint density at radius 3 is 1.47 bits per heavy atom. The summed E-state index contributed by atoms with van der Waals surface area (Å²) in [7, 11) is 0. The highest BCUT2D eigenvalue weighted by molar-refractivity contribution is 7.27. The van der Waals surface area contributed by atoms with Crippen LogP contribution in [0, 0.1) is 0 Å². The van der Waals surface area contributed by atoms with Gasteiger partial charge in [0.15, 0.2) is 0 Å². The molecule has 5 heteroatoms. The number of benzene rings is 8. The van der Waals surface area contributed by atoms with Crippen LogP contribution in [0.15, 0.2) is 170 Å². The third kappa shape index (κ3) is 4.98. The summed E-state index contributed by atoms with van der Waals surface area (Å²) in [6.07, 6.45) is 0. The number of nitrogens with zero attached hydrogens (tertiary/aromatic N) is 2. The van der Waals surface area contributed by atoms with Crippen molar-refractivity contribution in [3.63, 3.8) is 0 Å². The van der Waals surface area contributed by atoms with Crippen LogP contribution < -0.4 is 0 Å². The number of fused-ring (bicyclic) bond motifs is 10. The van der Waals surface area contributed by atoms with E-state index in [1.54, 1.807) is 11.3 Å². The van der Waals surface area contributed by atoms with Gasteiger partial charge in [-0.2, -0.15) is 0 Å². The van der Waals surface area contributed by atoms with Crippen molar-refractivity contribution >= 4 is 106 Å². The fraction of sp³-hybridized carbons (Fsp3) is 0. The summed E-state index contributed by atoms with van der Waals surface area (Å²) < 4.78 is 6.51. The minimum absolute atomic E-state index is 0.908. The van der Waals surface area contributed by atoms with Crippen LogP contribution in [0.5, 0.6) is 0 Å². The Balaban J connectivity index is 0.912. The summed E-state index contributed by atoms with van der Waals surface area (Å²) in [5.74, 6) is 0. The highest BCUT2D eigenvalue weighted by Crippen LogP contribution is 2.43. The Bertz CT molecular complexity index is 3510. The van der Waals surface area contributed by atoms with E-state index in [-0.39, 0.29) is 0 Å². The van der Waals surface area contributed by atoms with E-state index in [2.05, 4.69) is 170 Å². The molecule has 4 aromatic heterocycles. The second kappa shape index (κ2) is 12.1. The Labute approximate surface area is 328 Å². The minimum Gasteiger partial charge on any atom is -0.243 e. The lowest BCUT2D eigenvalue weighted by atomic mass is 9.97. The molecule has 0 bridgehead atoms. The Kier molecular flexibility index (Phi) is 6.87. The van der Waals surface area contributed by atoms with Gasteiger partial charge in [0.2, 0.25) is 0 Å². The van der Waals surface area contributed by atoms with Crippen LogP contribution >= 0.6 is 34.0 Å². The summed E-state index contributed by atoms with van der Waals surface area (Å²) in [6, 6.07) is 61.9. The van der Waals surface area contributed by atoms with E-state index in [1.807, 2.05) is 22.7 Å². The normalized spacial score (nSPS) is 12.0. The largest absolute Gasteiger partial charge is 0.243 e. The summed E-state index contributed by atoms with van der Waals surface area (Å²) in [6.45, 7) is 0. The Morgan fingerprint density at radius 2 is 0.818 bits per heavy atom. The maximum Gasteiger partial charge on any atom is 0.143 e. The molecule has 2 nitrogen and oxygen atoms in total. The predicted octanol–water partition coefficient (Wildman–Crippen LogP) is 15.4. The van der Waals surface area contributed by atoms with E-state index in [0.29, 0.717) is 0 Å². The third-order valence-electron chi connectivity index (χ3n) is 10.9.